The maximum absolute atomic E-state index is 9.90. The van der Waals surface area contributed by atoms with Gasteiger partial charge in [0.2, 0.25) is 0 Å². The Labute approximate surface area is 102 Å². The Morgan fingerprint density at radius 3 is 1.56 bits per heavy atom. The molecular weight excluding hydrogens is 278 g/mol. The second-order valence-corrected chi connectivity index (χ2v) is 3.70. The van der Waals surface area contributed by atoms with Crippen LogP contribution >= 0.6 is 0 Å². The van der Waals surface area contributed by atoms with Crippen molar-refractivity contribution in [2.45, 2.75) is 24.4 Å². The minimum atomic E-state index is -4.67. The van der Waals surface area contributed by atoms with Crippen LogP contribution in [0.25, 0.3) is 0 Å². The molecule has 0 spiro atoms. The average molecular weight is 295 g/mol. The average Bonchev–Trinajstić information content (AvgIpc) is 2.22. The van der Waals surface area contributed by atoms with Gasteiger partial charge >= 0.3 is 10.4 Å². The third-order valence-corrected chi connectivity index (χ3v) is 1.42. The highest BCUT2D eigenvalue weighted by Crippen LogP contribution is 2.02. The lowest BCUT2D eigenvalue weighted by atomic mass is 10.0. The Morgan fingerprint density at radius 1 is 1.00 bits per heavy atom. The molecule has 10 N–H and O–H groups in total. The third-order valence-electron chi connectivity index (χ3n) is 1.42. The standard InChI is InChI=1S/C6H12O6.H3N.H2O4S/c7-1-3(9)5(11)6(12)4(10)2-8;;1-5(2,3)4/h1,3-6,8-12H,2H2;1H3;(H2,1,2,3,4)/t3-,4+,5+,6+;;/m0../s1. The molecule has 0 aliphatic rings. The minimum absolute atomic E-state index is 0. The lowest BCUT2D eigenvalue weighted by Crippen LogP contribution is -2.46. The van der Waals surface area contributed by atoms with Crippen LogP contribution < -0.4 is 6.15 Å². The summed E-state index contributed by atoms with van der Waals surface area (Å²) in [6.45, 7) is -0.760. The molecule has 0 fully saturated rings. The third kappa shape index (κ3) is 13.4. The molecule has 0 aromatic rings. The Kier molecular flexibility index (Phi) is 12.8. The van der Waals surface area contributed by atoms with Crippen molar-refractivity contribution in [3.05, 3.63) is 0 Å². The topological polar surface area (TPSA) is 228 Å². The van der Waals surface area contributed by atoms with E-state index in [4.69, 9.17) is 43.1 Å². The maximum Gasteiger partial charge on any atom is 0.394 e. The van der Waals surface area contributed by atoms with Crippen molar-refractivity contribution < 1.29 is 47.9 Å². The van der Waals surface area contributed by atoms with Crippen LogP contribution in [0.4, 0.5) is 0 Å². The summed E-state index contributed by atoms with van der Waals surface area (Å²) in [6.07, 6.45) is -6.84. The number of rotatable bonds is 5. The zero-order valence-electron chi connectivity index (χ0n) is 9.06. The molecule has 4 atom stereocenters. The van der Waals surface area contributed by atoms with Gasteiger partial charge in [-0.05, 0) is 0 Å². The van der Waals surface area contributed by atoms with Crippen molar-refractivity contribution in [2.75, 3.05) is 6.61 Å². The Morgan fingerprint density at radius 2 is 1.33 bits per heavy atom. The zero-order valence-corrected chi connectivity index (χ0v) is 9.88. The van der Waals surface area contributed by atoms with Crippen molar-refractivity contribution in [2.24, 2.45) is 0 Å². The van der Waals surface area contributed by atoms with Crippen molar-refractivity contribution >= 4 is 16.7 Å². The highest BCUT2D eigenvalue weighted by molar-refractivity contribution is 7.79. The predicted octanol–water partition coefficient (Wildman–Crippen LogP) is -3.87. The van der Waals surface area contributed by atoms with Crippen LogP contribution in [0.15, 0.2) is 0 Å². The Bertz CT molecular complexity index is 297. The van der Waals surface area contributed by atoms with Crippen LogP contribution in [0.3, 0.4) is 0 Å². The molecule has 0 rings (SSSR count). The Balaban J connectivity index is -0.000000321. The molecule has 0 aliphatic heterocycles. The van der Waals surface area contributed by atoms with E-state index in [1.165, 1.54) is 0 Å². The smallest absolute Gasteiger partial charge is 0.394 e. The van der Waals surface area contributed by atoms with E-state index in [0.717, 1.165) is 0 Å². The van der Waals surface area contributed by atoms with Gasteiger partial charge in [-0.2, -0.15) is 8.42 Å². The second-order valence-electron chi connectivity index (χ2n) is 2.81. The molecule has 0 aromatic heterocycles. The first-order chi connectivity index (χ1) is 7.54. The van der Waals surface area contributed by atoms with Crippen LogP contribution in [-0.4, -0.2) is 80.4 Å². The SMILES string of the molecule is N.O=C[C@H](O)[C@@H](O)[C@H](O)[C@H](O)CO.O=S(=O)(O)O. The fourth-order valence-corrected chi connectivity index (χ4v) is 0.618. The summed E-state index contributed by atoms with van der Waals surface area (Å²) in [5.41, 5.74) is 0. The molecule has 0 aromatic carbocycles. The lowest BCUT2D eigenvalue weighted by molar-refractivity contribution is -0.136. The van der Waals surface area contributed by atoms with Gasteiger partial charge in [-0.3, -0.25) is 9.11 Å². The number of carbonyl (C=O) groups excluding carboxylic acids is 1. The van der Waals surface area contributed by atoms with E-state index >= 15 is 0 Å². The molecule has 0 unspecified atom stereocenters. The molecule has 0 heterocycles. The first kappa shape index (κ1) is 22.5. The van der Waals surface area contributed by atoms with Gasteiger partial charge < -0.3 is 36.5 Å². The van der Waals surface area contributed by atoms with E-state index in [2.05, 4.69) is 0 Å². The van der Waals surface area contributed by atoms with Gasteiger partial charge in [0.05, 0.1) is 6.61 Å². The number of aliphatic hydroxyl groups excluding tert-OH is 5. The summed E-state index contributed by atoms with van der Waals surface area (Å²) in [5.74, 6) is 0. The highest BCUT2D eigenvalue weighted by atomic mass is 32.3. The monoisotopic (exact) mass is 295 g/mol. The summed E-state index contributed by atoms with van der Waals surface area (Å²) in [5, 5.41) is 43.5. The van der Waals surface area contributed by atoms with Gasteiger partial charge in [-0.1, -0.05) is 0 Å². The van der Waals surface area contributed by atoms with E-state index in [1.54, 1.807) is 0 Å². The number of hydrogen-bond acceptors (Lipinski definition) is 9. The van der Waals surface area contributed by atoms with E-state index < -0.39 is 41.4 Å². The summed E-state index contributed by atoms with van der Waals surface area (Å²) in [6, 6.07) is 0. The van der Waals surface area contributed by atoms with Crippen molar-refractivity contribution in [1.29, 1.82) is 0 Å². The molecule has 0 aliphatic carbocycles. The normalized spacial score (nSPS) is 17.3. The predicted molar refractivity (Wildman–Crippen MR) is 56.4 cm³/mol. The summed E-state index contributed by atoms with van der Waals surface area (Å²) >= 11 is 0. The van der Waals surface area contributed by atoms with Crippen LogP contribution in [-0.2, 0) is 15.2 Å². The maximum atomic E-state index is 9.90. The van der Waals surface area contributed by atoms with Crippen molar-refractivity contribution in [1.82, 2.24) is 6.15 Å². The van der Waals surface area contributed by atoms with Crippen LogP contribution in [0.5, 0.6) is 0 Å². The lowest BCUT2D eigenvalue weighted by Gasteiger charge is -2.22. The van der Waals surface area contributed by atoms with Crippen LogP contribution in [0.1, 0.15) is 0 Å². The fraction of sp³-hybridized carbons (Fsp3) is 0.833. The van der Waals surface area contributed by atoms with Gasteiger partial charge in [-0.25, -0.2) is 0 Å². The van der Waals surface area contributed by atoms with Crippen LogP contribution in [0.2, 0.25) is 0 Å². The van der Waals surface area contributed by atoms with Crippen LogP contribution in [0, 0.1) is 0 Å². The van der Waals surface area contributed by atoms with Gasteiger partial charge in [0.15, 0.2) is 6.29 Å². The molecule has 12 heteroatoms. The van der Waals surface area contributed by atoms with Gasteiger partial charge in [0.1, 0.15) is 24.4 Å². The number of carbonyl (C=O) groups is 1. The van der Waals surface area contributed by atoms with Gasteiger partial charge in [-0.15, -0.1) is 0 Å². The molecular formula is C6H17NO10S. The molecule has 18 heavy (non-hydrogen) atoms. The molecule has 0 bridgehead atoms. The second kappa shape index (κ2) is 10.2. The molecule has 0 saturated carbocycles. The molecule has 0 radical (unpaired) electrons. The summed E-state index contributed by atoms with van der Waals surface area (Å²) < 4.78 is 31.6. The number of aldehydes is 1. The van der Waals surface area contributed by atoms with Crippen molar-refractivity contribution in [3.8, 4) is 0 Å². The quantitative estimate of drug-likeness (QED) is 0.180. The number of hydrogen-bond donors (Lipinski definition) is 8. The molecule has 11 nitrogen and oxygen atoms in total. The fourth-order valence-electron chi connectivity index (χ4n) is 0.618. The molecule has 112 valence electrons. The van der Waals surface area contributed by atoms with Gasteiger partial charge in [0, 0.05) is 0 Å². The van der Waals surface area contributed by atoms with Gasteiger partial charge in [0.25, 0.3) is 0 Å². The zero-order chi connectivity index (χ0) is 14.2. The van der Waals surface area contributed by atoms with E-state index in [-0.39, 0.29) is 12.4 Å². The highest BCUT2D eigenvalue weighted by Gasteiger charge is 2.29. The summed E-state index contributed by atoms with van der Waals surface area (Å²) in [4.78, 5) is 9.90. The molecule has 0 amide bonds. The number of aliphatic hydroxyl groups is 5. The molecule has 0 saturated heterocycles. The van der Waals surface area contributed by atoms with E-state index in [9.17, 15) is 4.79 Å². The first-order valence-electron chi connectivity index (χ1n) is 4.02. The van der Waals surface area contributed by atoms with Crippen molar-refractivity contribution in [3.63, 3.8) is 0 Å². The van der Waals surface area contributed by atoms with E-state index in [1.807, 2.05) is 0 Å². The van der Waals surface area contributed by atoms with E-state index in [0.29, 0.717) is 0 Å². The largest absolute Gasteiger partial charge is 0.394 e. The summed E-state index contributed by atoms with van der Waals surface area (Å²) in [7, 11) is -4.67. The minimum Gasteiger partial charge on any atom is -0.394 e. The first-order valence-corrected chi connectivity index (χ1v) is 5.42. The Hall–Kier alpha value is -0.700.